The van der Waals surface area contributed by atoms with Crippen LogP contribution in [-0.2, 0) is 0 Å². The van der Waals surface area contributed by atoms with Crippen LogP contribution in [0.25, 0.3) is 0 Å². The van der Waals surface area contributed by atoms with Crippen LogP contribution in [0.3, 0.4) is 0 Å². The zero-order valence-electron chi connectivity index (χ0n) is 13.3. The molecule has 0 aliphatic heterocycles. The minimum Gasteiger partial charge on any atom is -0.311 e. The maximum absolute atomic E-state index is 3.64. The molecule has 0 radical (unpaired) electrons. The van der Waals surface area contributed by atoms with Crippen molar-refractivity contribution in [3.63, 3.8) is 0 Å². The molecule has 0 saturated carbocycles. The Morgan fingerprint density at radius 1 is 1.12 bits per heavy atom. The lowest BCUT2D eigenvalue weighted by molar-refractivity contribution is 0.132. The molecule has 0 amide bonds. The molecule has 2 atom stereocenters. The van der Waals surface area contributed by atoms with E-state index in [-0.39, 0.29) is 5.54 Å². The van der Waals surface area contributed by atoms with Crippen LogP contribution in [0.5, 0.6) is 0 Å². The van der Waals surface area contributed by atoms with E-state index in [1.54, 1.807) is 0 Å². The highest BCUT2D eigenvalue weighted by Crippen LogP contribution is 2.15. The van der Waals surface area contributed by atoms with Gasteiger partial charge in [-0.3, -0.25) is 4.90 Å². The molecule has 0 saturated heterocycles. The molecule has 1 N–H and O–H groups in total. The summed E-state index contributed by atoms with van der Waals surface area (Å²) in [5.74, 6) is 0.717. The number of nitrogens with zero attached hydrogens (tertiary/aromatic N) is 1. The summed E-state index contributed by atoms with van der Waals surface area (Å²) < 4.78 is 0. The van der Waals surface area contributed by atoms with Gasteiger partial charge in [-0.2, -0.15) is 0 Å². The first-order chi connectivity index (χ1) is 7.69. The zero-order valence-corrected chi connectivity index (χ0v) is 13.3. The van der Waals surface area contributed by atoms with Crippen LogP contribution in [0.15, 0.2) is 0 Å². The summed E-state index contributed by atoms with van der Waals surface area (Å²) in [7, 11) is 2.27. The van der Waals surface area contributed by atoms with Crippen LogP contribution in [-0.4, -0.2) is 36.1 Å². The quantitative estimate of drug-likeness (QED) is 0.735. The third kappa shape index (κ3) is 7.05. The summed E-state index contributed by atoms with van der Waals surface area (Å²) in [5.41, 5.74) is 0.216. The molecule has 0 aromatic heterocycles. The van der Waals surface area contributed by atoms with E-state index in [4.69, 9.17) is 0 Å². The summed E-state index contributed by atoms with van der Waals surface area (Å²) in [6.07, 6.45) is 2.53. The van der Waals surface area contributed by atoms with Crippen molar-refractivity contribution in [2.75, 3.05) is 13.6 Å². The van der Waals surface area contributed by atoms with Gasteiger partial charge in [-0.1, -0.05) is 27.2 Å². The lowest BCUT2D eigenvalue weighted by atomic mass is 10.0. The van der Waals surface area contributed by atoms with Crippen LogP contribution < -0.4 is 5.32 Å². The van der Waals surface area contributed by atoms with Gasteiger partial charge < -0.3 is 5.32 Å². The third-order valence-corrected chi connectivity index (χ3v) is 3.67. The van der Waals surface area contributed by atoms with Gasteiger partial charge in [-0.25, -0.2) is 0 Å². The highest BCUT2D eigenvalue weighted by Gasteiger charge is 2.22. The van der Waals surface area contributed by atoms with E-state index in [0.29, 0.717) is 18.0 Å². The Morgan fingerprint density at radius 3 is 2.00 bits per heavy atom. The number of hydrogen-bond acceptors (Lipinski definition) is 2. The van der Waals surface area contributed by atoms with Crippen molar-refractivity contribution in [1.29, 1.82) is 0 Å². The largest absolute Gasteiger partial charge is 0.311 e. The number of nitrogens with one attached hydrogen (secondary N) is 1. The minimum atomic E-state index is 0.216. The molecule has 17 heavy (non-hydrogen) atoms. The molecule has 0 fully saturated rings. The first-order valence-electron chi connectivity index (χ1n) is 7.16. The Morgan fingerprint density at radius 2 is 1.65 bits per heavy atom. The van der Waals surface area contributed by atoms with E-state index in [1.165, 1.54) is 12.8 Å². The van der Waals surface area contributed by atoms with E-state index in [0.717, 1.165) is 6.54 Å². The fraction of sp³-hybridized carbons (Fsp3) is 1.00. The fourth-order valence-electron chi connectivity index (χ4n) is 2.01. The average molecular weight is 242 g/mol. The lowest BCUT2D eigenvalue weighted by Crippen LogP contribution is -2.49. The van der Waals surface area contributed by atoms with E-state index in [2.05, 4.69) is 65.7 Å². The van der Waals surface area contributed by atoms with Crippen LogP contribution in [0, 0.1) is 5.92 Å². The van der Waals surface area contributed by atoms with E-state index >= 15 is 0 Å². The molecule has 0 aromatic carbocycles. The molecule has 2 heteroatoms. The molecule has 104 valence electrons. The average Bonchev–Trinajstić information content (AvgIpc) is 2.20. The summed E-state index contributed by atoms with van der Waals surface area (Å²) in [6, 6.07) is 1.30. The van der Waals surface area contributed by atoms with E-state index in [1.807, 2.05) is 0 Å². The molecule has 0 heterocycles. The van der Waals surface area contributed by atoms with Gasteiger partial charge in [0.15, 0.2) is 0 Å². The molecular formula is C15H34N2. The number of rotatable bonds is 7. The smallest absolute Gasteiger partial charge is 0.0220 e. The monoisotopic (exact) mass is 242 g/mol. The Bertz CT molecular complexity index is 194. The second-order valence-corrected chi connectivity index (χ2v) is 6.72. The normalized spacial score (nSPS) is 16.6. The molecule has 0 spiro atoms. The van der Waals surface area contributed by atoms with Crippen molar-refractivity contribution in [2.45, 2.75) is 78.9 Å². The second kappa shape index (κ2) is 7.38. The SMILES string of the molecule is CCCC(CNC(C)(C)C)N(C)C(C)C(C)C. The zero-order chi connectivity index (χ0) is 13.6. The van der Waals surface area contributed by atoms with Crippen molar-refractivity contribution in [1.82, 2.24) is 10.2 Å². The molecule has 0 aromatic rings. The van der Waals surface area contributed by atoms with Gasteiger partial charge in [-0.15, -0.1) is 0 Å². The minimum absolute atomic E-state index is 0.216. The Labute approximate surface area is 109 Å². The van der Waals surface area contributed by atoms with E-state index in [9.17, 15) is 0 Å². The molecular weight excluding hydrogens is 208 g/mol. The van der Waals surface area contributed by atoms with E-state index < -0.39 is 0 Å². The fourth-order valence-corrected chi connectivity index (χ4v) is 2.01. The standard InChI is InChI=1S/C15H34N2/c1-9-10-14(11-16-15(5,6)7)17(8)13(4)12(2)3/h12-14,16H,9-11H2,1-8H3. The summed E-state index contributed by atoms with van der Waals surface area (Å²) in [4.78, 5) is 2.55. The second-order valence-electron chi connectivity index (χ2n) is 6.72. The van der Waals surface area contributed by atoms with Gasteiger partial charge in [0, 0.05) is 24.2 Å². The Balaban J connectivity index is 4.40. The van der Waals surface area contributed by atoms with Gasteiger partial charge in [0.25, 0.3) is 0 Å². The van der Waals surface area contributed by atoms with Crippen molar-refractivity contribution < 1.29 is 0 Å². The maximum Gasteiger partial charge on any atom is 0.0220 e. The predicted octanol–water partition coefficient (Wildman–Crippen LogP) is 3.52. The molecule has 0 aliphatic rings. The van der Waals surface area contributed by atoms with Crippen LogP contribution in [0.4, 0.5) is 0 Å². The predicted molar refractivity (Wildman–Crippen MR) is 78.5 cm³/mol. The Kier molecular flexibility index (Phi) is 7.34. The van der Waals surface area contributed by atoms with Crippen molar-refractivity contribution in [3.8, 4) is 0 Å². The number of likely N-dealkylation sites (N-methyl/N-ethyl adjacent to an activating group) is 1. The molecule has 0 aliphatic carbocycles. The van der Waals surface area contributed by atoms with Crippen molar-refractivity contribution in [2.24, 2.45) is 5.92 Å². The lowest BCUT2D eigenvalue weighted by Gasteiger charge is -2.37. The third-order valence-electron chi connectivity index (χ3n) is 3.67. The molecule has 2 unspecified atom stereocenters. The highest BCUT2D eigenvalue weighted by atomic mass is 15.2. The summed E-state index contributed by atoms with van der Waals surface area (Å²) in [6.45, 7) is 17.0. The molecule has 0 bridgehead atoms. The van der Waals surface area contributed by atoms with Crippen molar-refractivity contribution >= 4 is 0 Å². The Hall–Kier alpha value is -0.0800. The maximum atomic E-state index is 3.64. The van der Waals surface area contributed by atoms with Gasteiger partial charge in [-0.05, 0) is 47.1 Å². The van der Waals surface area contributed by atoms with Crippen LogP contribution >= 0.6 is 0 Å². The number of hydrogen-bond donors (Lipinski definition) is 1. The molecule has 0 rings (SSSR count). The van der Waals surface area contributed by atoms with Gasteiger partial charge in [0.05, 0.1) is 0 Å². The van der Waals surface area contributed by atoms with Gasteiger partial charge >= 0.3 is 0 Å². The highest BCUT2D eigenvalue weighted by molar-refractivity contribution is 4.80. The van der Waals surface area contributed by atoms with Gasteiger partial charge in [0.2, 0.25) is 0 Å². The topological polar surface area (TPSA) is 15.3 Å². The van der Waals surface area contributed by atoms with Gasteiger partial charge in [0.1, 0.15) is 0 Å². The summed E-state index contributed by atoms with van der Waals surface area (Å²) >= 11 is 0. The summed E-state index contributed by atoms with van der Waals surface area (Å²) in [5, 5.41) is 3.64. The van der Waals surface area contributed by atoms with Crippen LogP contribution in [0.2, 0.25) is 0 Å². The molecule has 2 nitrogen and oxygen atoms in total. The van der Waals surface area contributed by atoms with Crippen molar-refractivity contribution in [3.05, 3.63) is 0 Å². The first-order valence-corrected chi connectivity index (χ1v) is 7.16. The first kappa shape index (κ1) is 16.9. The van der Waals surface area contributed by atoms with Crippen LogP contribution in [0.1, 0.15) is 61.3 Å².